The molecular weight excluding hydrogens is 442 g/mol. The van der Waals surface area contributed by atoms with Crippen molar-refractivity contribution in [1.29, 1.82) is 0 Å². The summed E-state index contributed by atoms with van der Waals surface area (Å²) in [5, 5.41) is 3.03. The minimum absolute atomic E-state index is 0.0791. The van der Waals surface area contributed by atoms with E-state index in [0.29, 0.717) is 49.1 Å². The zero-order valence-electron chi connectivity index (χ0n) is 18.4. The van der Waals surface area contributed by atoms with Crippen LogP contribution in [0.4, 0.5) is 20.5 Å². The Morgan fingerprint density at radius 1 is 1.16 bits per heavy atom. The van der Waals surface area contributed by atoms with Gasteiger partial charge in [0.15, 0.2) is 0 Å². The minimum atomic E-state index is -3.51. The first-order valence-electron chi connectivity index (χ1n) is 11.2. The molecule has 1 aliphatic carbocycles. The second-order valence-corrected chi connectivity index (χ2v) is 10.7. The lowest BCUT2D eigenvalue weighted by Gasteiger charge is -2.34. The molecule has 0 radical (unpaired) electrons. The Labute approximate surface area is 188 Å². The van der Waals surface area contributed by atoms with Crippen molar-refractivity contribution in [2.75, 3.05) is 69.0 Å². The summed E-state index contributed by atoms with van der Waals surface area (Å²) in [7, 11) is -1.46. The van der Waals surface area contributed by atoms with Crippen molar-refractivity contribution in [2.24, 2.45) is 0 Å². The number of sulfonamides is 1. The van der Waals surface area contributed by atoms with Crippen LogP contribution in [0.15, 0.2) is 0 Å². The van der Waals surface area contributed by atoms with Gasteiger partial charge in [0.05, 0.1) is 11.4 Å². The predicted molar refractivity (Wildman–Crippen MR) is 118 cm³/mol. The number of halogens is 2. The van der Waals surface area contributed by atoms with Gasteiger partial charge in [0.1, 0.15) is 5.82 Å². The number of fused-ring (bicyclic) bond motifs is 1. The minimum Gasteiger partial charge on any atom is -0.381 e. The van der Waals surface area contributed by atoms with Gasteiger partial charge in [-0.1, -0.05) is 0 Å². The van der Waals surface area contributed by atoms with Crippen molar-refractivity contribution in [1.82, 2.24) is 19.6 Å². The van der Waals surface area contributed by atoms with Gasteiger partial charge in [0.2, 0.25) is 16.0 Å². The maximum Gasteiger partial charge on any atom is 0.252 e. The number of anilines is 2. The molecule has 9 nitrogen and oxygen atoms in total. The summed E-state index contributed by atoms with van der Waals surface area (Å²) in [5.74, 6) is -2.13. The largest absolute Gasteiger partial charge is 0.381 e. The lowest BCUT2D eigenvalue weighted by molar-refractivity contribution is -0.0127. The van der Waals surface area contributed by atoms with Gasteiger partial charge in [0.25, 0.3) is 5.92 Å². The second-order valence-electron chi connectivity index (χ2n) is 8.87. The average molecular weight is 475 g/mol. The molecule has 2 N–H and O–H groups in total. The molecule has 3 aliphatic rings. The molecule has 0 spiro atoms. The number of nitrogens with one attached hydrogen (secondary N) is 2. The molecule has 2 saturated heterocycles. The molecule has 0 atom stereocenters. The SMILES string of the molecule is CN1CCN(c2nc3c(c(NCCS(=O)(=O)NC4CCOCC4)n2)CC(F)(F)CC3)CC1. The summed E-state index contributed by atoms with van der Waals surface area (Å²) in [4.78, 5) is 13.4. The lowest BCUT2D eigenvalue weighted by Crippen LogP contribution is -2.45. The van der Waals surface area contributed by atoms with Gasteiger partial charge in [-0.2, -0.15) is 4.98 Å². The molecule has 2 aliphatic heterocycles. The molecule has 0 unspecified atom stereocenters. The average Bonchev–Trinajstić information content (AvgIpc) is 2.74. The van der Waals surface area contributed by atoms with Gasteiger partial charge < -0.3 is 19.9 Å². The Morgan fingerprint density at radius 3 is 2.59 bits per heavy atom. The van der Waals surface area contributed by atoms with Crippen LogP contribution in [-0.2, 0) is 27.6 Å². The Bertz CT molecular complexity index is 903. The fraction of sp³-hybridized carbons (Fsp3) is 0.800. The van der Waals surface area contributed by atoms with E-state index in [4.69, 9.17) is 4.74 Å². The summed E-state index contributed by atoms with van der Waals surface area (Å²) in [5.41, 5.74) is 1.03. The zero-order chi connectivity index (χ0) is 22.8. The molecule has 0 aromatic carbocycles. The molecule has 1 aromatic heterocycles. The highest BCUT2D eigenvalue weighted by atomic mass is 32.2. The third kappa shape index (κ3) is 6.03. The number of hydrogen-bond acceptors (Lipinski definition) is 8. The van der Waals surface area contributed by atoms with Crippen molar-refractivity contribution < 1.29 is 21.9 Å². The molecule has 0 amide bonds. The third-order valence-electron chi connectivity index (χ3n) is 6.26. The van der Waals surface area contributed by atoms with Crippen LogP contribution < -0.4 is 14.9 Å². The maximum atomic E-state index is 14.1. The molecule has 32 heavy (non-hydrogen) atoms. The van der Waals surface area contributed by atoms with Gasteiger partial charge >= 0.3 is 0 Å². The monoisotopic (exact) mass is 474 g/mol. The quantitative estimate of drug-likeness (QED) is 0.601. The summed E-state index contributed by atoms with van der Waals surface area (Å²) in [6.07, 6.45) is 0.817. The first kappa shape index (κ1) is 23.5. The molecular formula is C20H32F2N6O3S. The first-order valence-corrected chi connectivity index (χ1v) is 12.9. The van der Waals surface area contributed by atoms with Crippen molar-refractivity contribution in [3.63, 3.8) is 0 Å². The highest BCUT2D eigenvalue weighted by Gasteiger charge is 2.37. The van der Waals surface area contributed by atoms with Crippen LogP contribution >= 0.6 is 0 Å². The van der Waals surface area contributed by atoms with Gasteiger partial charge in [0, 0.05) is 70.4 Å². The number of hydrogen-bond donors (Lipinski definition) is 2. The van der Waals surface area contributed by atoms with E-state index < -0.39 is 22.4 Å². The summed E-state index contributed by atoms with van der Waals surface area (Å²) < 4.78 is 61.1. The van der Waals surface area contributed by atoms with E-state index in [-0.39, 0.29) is 31.2 Å². The number of alkyl halides is 2. The Kier molecular flexibility index (Phi) is 7.13. The van der Waals surface area contributed by atoms with E-state index in [2.05, 4.69) is 36.9 Å². The predicted octanol–water partition coefficient (Wildman–Crippen LogP) is 0.863. The number of piperazine rings is 1. The normalized spacial score (nSPS) is 22.5. The molecule has 180 valence electrons. The van der Waals surface area contributed by atoms with E-state index in [9.17, 15) is 17.2 Å². The van der Waals surface area contributed by atoms with Crippen LogP contribution in [-0.4, -0.2) is 94.0 Å². The topological polar surface area (TPSA) is 99.7 Å². The van der Waals surface area contributed by atoms with E-state index in [1.54, 1.807) is 0 Å². The van der Waals surface area contributed by atoms with Crippen LogP contribution in [0, 0.1) is 0 Å². The zero-order valence-corrected chi connectivity index (χ0v) is 19.3. The molecule has 1 aromatic rings. The molecule has 12 heteroatoms. The van der Waals surface area contributed by atoms with Crippen LogP contribution in [0.2, 0.25) is 0 Å². The van der Waals surface area contributed by atoms with Crippen molar-refractivity contribution in [2.45, 2.75) is 44.1 Å². The van der Waals surface area contributed by atoms with Gasteiger partial charge in [-0.05, 0) is 26.3 Å². The van der Waals surface area contributed by atoms with E-state index in [1.807, 2.05) is 0 Å². The van der Waals surface area contributed by atoms with E-state index >= 15 is 0 Å². The summed E-state index contributed by atoms with van der Waals surface area (Å²) in [6, 6.07) is -0.122. The van der Waals surface area contributed by atoms with Crippen LogP contribution in [0.5, 0.6) is 0 Å². The van der Waals surface area contributed by atoms with Gasteiger partial charge in [-0.15, -0.1) is 0 Å². The number of rotatable bonds is 7. The molecule has 2 fully saturated rings. The third-order valence-corrected chi connectivity index (χ3v) is 7.69. The van der Waals surface area contributed by atoms with Crippen molar-refractivity contribution in [3.05, 3.63) is 11.3 Å². The van der Waals surface area contributed by atoms with Crippen molar-refractivity contribution >= 4 is 21.8 Å². The number of nitrogens with zero attached hydrogens (tertiary/aromatic N) is 4. The number of likely N-dealkylation sites (N-methyl/N-ethyl adjacent to an activating group) is 1. The lowest BCUT2D eigenvalue weighted by atomic mass is 9.93. The molecule has 4 rings (SSSR count). The Morgan fingerprint density at radius 2 is 1.88 bits per heavy atom. The highest BCUT2D eigenvalue weighted by Crippen LogP contribution is 2.36. The number of aryl methyl sites for hydroxylation is 1. The first-order chi connectivity index (χ1) is 15.2. The summed E-state index contributed by atoms with van der Waals surface area (Å²) in [6.45, 7) is 4.43. The van der Waals surface area contributed by atoms with Gasteiger partial charge in [-0.3, -0.25) is 0 Å². The number of ether oxygens (including phenoxy) is 1. The maximum absolute atomic E-state index is 14.1. The fourth-order valence-electron chi connectivity index (χ4n) is 4.28. The molecule has 0 bridgehead atoms. The van der Waals surface area contributed by atoms with Gasteiger partial charge in [-0.25, -0.2) is 26.9 Å². The Balaban J connectivity index is 1.46. The van der Waals surface area contributed by atoms with Crippen LogP contribution in [0.3, 0.4) is 0 Å². The van der Waals surface area contributed by atoms with E-state index in [1.165, 1.54) is 0 Å². The smallest absolute Gasteiger partial charge is 0.252 e. The second kappa shape index (κ2) is 9.70. The Hall–Kier alpha value is -1.63. The van der Waals surface area contributed by atoms with E-state index in [0.717, 1.165) is 26.2 Å². The van der Waals surface area contributed by atoms with Crippen molar-refractivity contribution in [3.8, 4) is 0 Å². The molecule has 3 heterocycles. The van der Waals surface area contributed by atoms with Crippen LogP contribution in [0.25, 0.3) is 0 Å². The molecule has 0 saturated carbocycles. The summed E-state index contributed by atoms with van der Waals surface area (Å²) >= 11 is 0. The number of aromatic nitrogens is 2. The standard InChI is InChI=1S/C20H32F2N6O3S/c1-27-7-9-28(10-8-27)19-24-17-2-5-20(21,22)14-16(17)18(25-19)23-6-13-32(29,30)26-15-3-11-31-12-4-15/h15,26H,2-14H2,1H3,(H,23,24,25). The fourth-order valence-corrected chi connectivity index (χ4v) is 5.52. The highest BCUT2D eigenvalue weighted by molar-refractivity contribution is 7.89. The van der Waals surface area contributed by atoms with Crippen LogP contribution in [0.1, 0.15) is 30.5 Å².